The van der Waals surface area contributed by atoms with Crippen molar-refractivity contribution in [2.45, 2.75) is 26.4 Å². The molecule has 0 spiro atoms. The van der Waals surface area contributed by atoms with E-state index in [-0.39, 0.29) is 17.1 Å². The summed E-state index contributed by atoms with van der Waals surface area (Å²) in [4.78, 5) is 37.3. The number of ketones is 2. The molecule has 29 heavy (non-hydrogen) atoms. The fourth-order valence-electron chi connectivity index (χ4n) is 2.94. The van der Waals surface area contributed by atoms with Gasteiger partial charge in [-0.15, -0.1) is 0 Å². The first kappa shape index (κ1) is 20.2. The van der Waals surface area contributed by atoms with Crippen molar-refractivity contribution >= 4 is 17.5 Å². The van der Waals surface area contributed by atoms with E-state index in [1.165, 1.54) is 12.1 Å². The van der Waals surface area contributed by atoms with Crippen LogP contribution in [0.2, 0.25) is 0 Å². The molecule has 3 rings (SSSR count). The van der Waals surface area contributed by atoms with Gasteiger partial charge in [-0.05, 0) is 31.0 Å². The molecular weight excluding hydrogens is 364 g/mol. The first-order chi connectivity index (χ1) is 14.0. The highest BCUT2D eigenvalue weighted by molar-refractivity contribution is 6.09. The molecule has 4 heteroatoms. The number of rotatable bonds is 7. The largest absolute Gasteiger partial charge is 0.451 e. The highest BCUT2D eigenvalue weighted by Crippen LogP contribution is 2.14. The number of hydrogen-bond donors (Lipinski definition) is 0. The van der Waals surface area contributed by atoms with Crippen molar-refractivity contribution < 1.29 is 19.1 Å². The molecule has 0 amide bonds. The van der Waals surface area contributed by atoms with Gasteiger partial charge in [-0.2, -0.15) is 0 Å². The lowest BCUT2D eigenvalue weighted by molar-refractivity contribution is 0.0318. The van der Waals surface area contributed by atoms with Crippen LogP contribution in [-0.4, -0.2) is 23.6 Å². The van der Waals surface area contributed by atoms with Crippen LogP contribution in [0, 0.1) is 0 Å². The Kier molecular flexibility index (Phi) is 6.35. The second-order valence-corrected chi connectivity index (χ2v) is 6.73. The maximum Gasteiger partial charge on any atom is 0.338 e. The number of benzene rings is 3. The minimum Gasteiger partial charge on any atom is -0.451 e. The van der Waals surface area contributed by atoms with Crippen molar-refractivity contribution in [3.05, 3.63) is 107 Å². The lowest BCUT2D eigenvalue weighted by Crippen LogP contribution is -2.24. The molecule has 0 N–H and O–H groups in total. The van der Waals surface area contributed by atoms with E-state index < -0.39 is 12.1 Å². The summed E-state index contributed by atoms with van der Waals surface area (Å²) in [6, 6.07) is 22.4. The maximum absolute atomic E-state index is 12.5. The zero-order valence-corrected chi connectivity index (χ0v) is 16.4. The standard InChI is InChI=1S/C25H22O4/c1-3-18-9-11-20(12-10-18)23(26)17(2)29-25(28)22-15-13-21(14-16-22)24(27)19-7-5-4-6-8-19/h4-17H,3H2,1-2H3/t17-/m0/s1. The maximum atomic E-state index is 12.5. The SMILES string of the molecule is CCc1ccc(C(=O)[C@H](C)OC(=O)c2ccc(C(=O)c3ccccc3)cc2)cc1. The molecular formula is C25H22O4. The van der Waals surface area contributed by atoms with Crippen LogP contribution >= 0.6 is 0 Å². The van der Waals surface area contributed by atoms with Crippen LogP contribution in [0.1, 0.15) is 56.0 Å². The van der Waals surface area contributed by atoms with E-state index in [0.717, 1.165) is 12.0 Å². The van der Waals surface area contributed by atoms with Crippen molar-refractivity contribution in [3.63, 3.8) is 0 Å². The quantitative estimate of drug-likeness (QED) is 0.428. The molecule has 3 aromatic rings. The monoisotopic (exact) mass is 386 g/mol. The second kappa shape index (κ2) is 9.11. The average Bonchev–Trinajstić information content (AvgIpc) is 2.78. The van der Waals surface area contributed by atoms with E-state index in [4.69, 9.17) is 4.74 Å². The van der Waals surface area contributed by atoms with Gasteiger partial charge in [-0.3, -0.25) is 9.59 Å². The predicted octanol–water partition coefficient (Wildman–Crippen LogP) is 4.91. The van der Waals surface area contributed by atoms with Crippen molar-refractivity contribution in [2.75, 3.05) is 0 Å². The molecule has 0 saturated carbocycles. The molecule has 0 aromatic heterocycles. The van der Waals surface area contributed by atoms with Crippen LogP contribution in [0.3, 0.4) is 0 Å². The fourth-order valence-corrected chi connectivity index (χ4v) is 2.94. The number of carbonyl (C=O) groups is 3. The van der Waals surface area contributed by atoms with E-state index >= 15 is 0 Å². The van der Waals surface area contributed by atoms with Gasteiger partial charge in [0.25, 0.3) is 0 Å². The number of carbonyl (C=O) groups excluding carboxylic acids is 3. The number of Topliss-reactive ketones (excluding diaryl/α,β-unsaturated/α-hetero) is 1. The van der Waals surface area contributed by atoms with Crippen molar-refractivity contribution in [2.24, 2.45) is 0 Å². The number of hydrogen-bond acceptors (Lipinski definition) is 4. The highest BCUT2D eigenvalue weighted by atomic mass is 16.5. The van der Waals surface area contributed by atoms with Crippen LogP contribution in [0.15, 0.2) is 78.9 Å². The van der Waals surface area contributed by atoms with Gasteiger partial charge in [0.1, 0.15) is 0 Å². The Labute approximate surface area is 170 Å². The summed E-state index contributed by atoms with van der Waals surface area (Å²) in [6.07, 6.45) is -0.0116. The van der Waals surface area contributed by atoms with Gasteiger partial charge in [-0.1, -0.05) is 73.7 Å². The van der Waals surface area contributed by atoms with Gasteiger partial charge < -0.3 is 4.74 Å². The molecule has 0 fully saturated rings. The van der Waals surface area contributed by atoms with Crippen molar-refractivity contribution in [3.8, 4) is 0 Å². The zero-order valence-electron chi connectivity index (χ0n) is 16.4. The third kappa shape index (κ3) is 4.85. The summed E-state index contributed by atoms with van der Waals surface area (Å²) in [5.41, 5.74) is 2.99. The fraction of sp³-hybridized carbons (Fsp3) is 0.160. The van der Waals surface area contributed by atoms with E-state index in [0.29, 0.717) is 16.7 Å². The van der Waals surface area contributed by atoms with Gasteiger partial charge in [0, 0.05) is 16.7 Å². The molecule has 146 valence electrons. The molecule has 1 atom stereocenters. The average molecular weight is 386 g/mol. The van der Waals surface area contributed by atoms with Crippen LogP contribution in [0.25, 0.3) is 0 Å². The Morgan fingerprint density at radius 1 is 0.724 bits per heavy atom. The lowest BCUT2D eigenvalue weighted by Gasteiger charge is -2.13. The lowest BCUT2D eigenvalue weighted by atomic mass is 10.0. The minimum absolute atomic E-state index is 0.121. The van der Waals surface area contributed by atoms with Crippen molar-refractivity contribution in [1.82, 2.24) is 0 Å². The van der Waals surface area contributed by atoms with Crippen LogP contribution in [0.5, 0.6) is 0 Å². The summed E-state index contributed by atoms with van der Waals surface area (Å²) >= 11 is 0. The summed E-state index contributed by atoms with van der Waals surface area (Å²) < 4.78 is 5.32. The number of esters is 1. The zero-order chi connectivity index (χ0) is 20.8. The Morgan fingerprint density at radius 3 is 1.83 bits per heavy atom. The Hall–Kier alpha value is -3.53. The second-order valence-electron chi connectivity index (χ2n) is 6.73. The minimum atomic E-state index is -0.902. The Morgan fingerprint density at radius 2 is 1.24 bits per heavy atom. The summed E-state index contributed by atoms with van der Waals surface area (Å²) in [6.45, 7) is 3.60. The number of aryl methyl sites for hydroxylation is 1. The molecule has 0 aliphatic rings. The van der Waals surface area contributed by atoms with E-state index in [9.17, 15) is 14.4 Å². The summed E-state index contributed by atoms with van der Waals surface area (Å²) in [5, 5.41) is 0. The summed E-state index contributed by atoms with van der Waals surface area (Å²) in [7, 11) is 0. The molecule has 4 nitrogen and oxygen atoms in total. The van der Waals surface area contributed by atoms with Gasteiger partial charge in [0.05, 0.1) is 5.56 Å². The molecule has 0 radical (unpaired) electrons. The number of ether oxygens (including phenoxy) is 1. The molecule has 0 aliphatic carbocycles. The van der Waals surface area contributed by atoms with Gasteiger partial charge >= 0.3 is 5.97 Å². The molecule has 0 aliphatic heterocycles. The first-order valence-electron chi connectivity index (χ1n) is 9.53. The van der Waals surface area contributed by atoms with E-state index in [1.54, 1.807) is 55.5 Å². The molecule has 0 bridgehead atoms. The Balaban J connectivity index is 1.65. The normalized spacial score (nSPS) is 11.5. The predicted molar refractivity (Wildman–Crippen MR) is 111 cm³/mol. The Bertz CT molecular complexity index is 1000. The third-order valence-corrected chi connectivity index (χ3v) is 4.72. The molecule has 0 saturated heterocycles. The highest BCUT2D eigenvalue weighted by Gasteiger charge is 2.20. The topological polar surface area (TPSA) is 60.4 Å². The molecule has 3 aromatic carbocycles. The molecule has 0 unspecified atom stereocenters. The molecule has 0 heterocycles. The van der Waals surface area contributed by atoms with E-state index in [1.807, 2.05) is 25.1 Å². The smallest absolute Gasteiger partial charge is 0.338 e. The van der Waals surface area contributed by atoms with Gasteiger partial charge in [-0.25, -0.2) is 4.79 Å². The van der Waals surface area contributed by atoms with E-state index in [2.05, 4.69) is 0 Å². The van der Waals surface area contributed by atoms with Gasteiger partial charge in [0.15, 0.2) is 11.9 Å². The first-order valence-corrected chi connectivity index (χ1v) is 9.53. The van der Waals surface area contributed by atoms with Crippen molar-refractivity contribution in [1.29, 1.82) is 0 Å². The van der Waals surface area contributed by atoms with Crippen LogP contribution < -0.4 is 0 Å². The van der Waals surface area contributed by atoms with Crippen LogP contribution in [0.4, 0.5) is 0 Å². The third-order valence-electron chi connectivity index (χ3n) is 4.72. The van der Waals surface area contributed by atoms with Crippen LogP contribution in [-0.2, 0) is 11.2 Å². The van der Waals surface area contributed by atoms with Gasteiger partial charge in [0.2, 0.25) is 5.78 Å². The summed E-state index contributed by atoms with van der Waals surface area (Å²) in [5.74, 6) is -0.976.